The van der Waals surface area contributed by atoms with Gasteiger partial charge in [-0.15, -0.1) is 0 Å². The van der Waals surface area contributed by atoms with Crippen molar-refractivity contribution in [1.29, 1.82) is 0 Å². The van der Waals surface area contributed by atoms with Crippen LogP contribution in [0.15, 0.2) is 0 Å². The van der Waals surface area contributed by atoms with Crippen molar-refractivity contribution < 1.29 is 39.0 Å². The number of aliphatic hydroxyl groups is 2. The van der Waals surface area contributed by atoms with E-state index in [0.717, 1.165) is 0 Å². The standard InChI is InChI=1S/C11H16N8O8/c12-8(24)16(6-4(22)14-10(26)18(6)2-20)1-17(9(13)25)7-5(23)15-11(27)19(7)3-21/h6-7,20-21H,1-3H2,(H2,12,24)(H2,13,25)(H,14,22,26)(H,15,23,27). The summed E-state index contributed by atoms with van der Waals surface area (Å²) in [4.78, 5) is 72.8. The summed E-state index contributed by atoms with van der Waals surface area (Å²) in [6, 6.07) is -4.69. The molecule has 0 aromatic rings. The quantitative estimate of drug-likeness (QED) is 0.191. The van der Waals surface area contributed by atoms with Crippen LogP contribution in [0, 0.1) is 0 Å². The van der Waals surface area contributed by atoms with E-state index in [9.17, 15) is 39.0 Å². The second kappa shape index (κ2) is 7.30. The Balaban J connectivity index is 2.37. The summed E-state index contributed by atoms with van der Waals surface area (Å²) >= 11 is 0. The number of carbonyl (C=O) groups excluding carboxylic acids is 6. The van der Waals surface area contributed by atoms with Crippen LogP contribution in [0.5, 0.6) is 0 Å². The van der Waals surface area contributed by atoms with Crippen LogP contribution in [0.4, 0.5) is 19.2 Å². The number of nitrogens with zero attached hydrogens (tertiary/aromatic N) is 4. The maximum atomic E-state index is 12.0. The van der Waals surface area contributed by atoms with E-state index in [4.69, 9.17) is 11.5 Å². The molecule has 2 heterocycles. The predicted octanol–water partition coefficient (Wildman–Crippen LogP) is -4.64. The molecule has 0 radical (unpaired) electrons. The monoisotopic (exact) mass is 388 g/mol. The average Bonchev–Trinajstić information content (AvgIpc) is 3.02. The van der Waals surface area contributed by atoms with Crippen LogP contribution >= 0.6 is 0 Å². The normalized spacial score (nSPS) is 22.0. The zero-order valence-electron chi connectivity index (χ0n) is 13.6. The van der Waals surface area contributed by atoms with Gasteiger partial charge in [0.1, 0.15) is 20.1 Å². The van der Waals surface area contributed by atoms with Gasteiger partial charge in [0.2, 0.25) is 0 Å². The van der Waals surface area contributed by atoms with Gasteiger partial charge in [0.05, 0.1) is 0 Å². The summed E-state index contributed by atoms with van der Waals surface area (Å²) < 4.78 is 0. The Bertz CT molecular complexity index is 654. The predicted molar refractivity (Wildman–Crippen MR) is 80.2 cm³/mol. The van der Waals surface area contributed by atoms with Gasteiger partial charge < -0.3 is 21.7 Å². The number of nitrogens with two attached hydrogens (primary N) is 2. The lowest BCUT2D eigenvalue weighted by Crippen LogP contribution is -2.62. The number of urea groups is 4. The molecule has 0 spiro atoms. The third-order valence-corrected chi connectivity index (χ3v) is 3.81. The third-order valence-electron chi connectivity index (χ3n) is 3.81. The number of nitrogens with one attached hydrogen (secondary N) is 2. The van der Waals surface area contributed by atoms with E-state index in [1.165, 1.54) is 0 Å². The van der Waals surface area contributed by atoms with Crippen molar-refractivity contribution in [3.8, 4) is 0 Å². The molecule has 0 aromatic carbocycles. The highest BCUT2D eigenvalue weighted by Crippen LogP contribution is 2.18. The van der Waals surface area contributed by atoms with Gasteiger partial charge in [-0.25, -0.2) is 19.2 Å². The van der Waals surface area contributed by atoms with Gasteiger partial charge in [-0.3, -0.25) is 39.8 Å². The van der Waals surface area contributed by atoms with Crippen LogP contribution in [0.2, 0.25) is 0 Å². The molecule has 16 heteroatoms. The minimum atomic E-state index is -1.75. The lowest BCUT2D eigenvalue weighted by Gasteiger charge is -2.37. The lowest BCUT2D eigenvalue weighted by atomic mass is 10.3. The highest BCUT2D eigenvalue weighted by Gasteiger charge is 2.48. The number of hydrogen-bond acceptors (Lipinski definition) is 8. The first-order valence-corrected chi connectivity index (χ1v) is 7.20. The Morgan fingerprint density at radius 2 is 1.19 bits per heavy atom. The Morgan fingerprint density at radius 3 is 1.44 bits per heavy atom. The fourth-order valence-electron chi connectivity index (χ4n) is 2.59. The first-order valence-electron chi connectivity index (χ1n) is 7.20. The molecular weight excluding hydrogens is 372 g/mol. The van der Waals surface area contributed by atoms with Crippen molar-refractivity contribution in [1.82, 2.24) is 30.2 Å². The molecule has 2 unspecified atom stereocenters. The molecule has 10 amide bonds. The number of rotatable bonds is 6. The van der Waals surface area contributed by atoms with E-state index >= 15 is 0 Å². The van der Waals surface area contributed by atoms with Crippen LogP contribution in [-0.2, 0) is 9.59 Å². The van der Waals surface area contributed by atoms with Crippen molar-refractivity contribution in [3.63, 3.8) is 0 Å². The molecule has 148 valence electrons. The number of imide groups is 2. The largest absolute Gasteiger partial charge is 0.376 e. The molecular formula is C11H16N8O8. The summed E-state index contributed by atoms with van der Waals surface area (Å²) in [7, 11) is 0. The minimum absolute atomic E-state index is 0.465. The first-order chi connectivity index (χ1) is 12.6. The number of primary amides is 2. The van der Waals surface area contributed by atoms with E-state index in [0.29, 0.717) is 19.6 Å². The van der Waals surface area contributed by atoms with Crippen molar-refractivity contribution in [2.45, 2.75) is 12.3 Å². The van der Waals surface area contributed by atoms with Crippen molar-refractivity contribution in [3.05, 3.63) is 0 Å². The van der Waals surface area contributed by atoms with Crippen LogP contribution < -0.4 is 22.1 Å². The molecule has 0 aromatic heterocycles. The Hall–Kier alpha value is -3.66. The van der Waals surface area contributed by atoms with Crippen LogP contribution in [-0.4, -0.2) is 98.2 Å². The summed E-state index contributed by atoms with van der Waals surface area (Å²) in [5, 5.41) is 22.2. The molecule has 2 aliphatic rings. The van der Waals surface area contributed by atoms with Gasteiger partial charge >= 0.3 is 24.1 Å². The molecule has 2 atom stereocenters. The SMILES string of the molecule is NC(=O)N(CN(C(N)=O)C1C(=O)NC(=O)N1CO)C1C(=O)NC(=O)N1CO. The lowest BCUT2D eigenvalue weighted by molar-refractivity contribution is -0.130. The summed E-state index contributed by atoms with van der Waals surface area (Å²) in [6.45, 7) is -2.88. The van der Waals surface area contributed by atoms with E-state index in [1.54, 1.807) is 0 Å². The second-order valence-corrected chi connectivity index (χ2v) is 5.32. The molecule has 8 N–H and O–H groups in total. The fraction of sp³-hybridized carbons (Fsp3) is 0.455. The molecule has 2 rings (SSSR count). The Kier molecular flexibility index (Phi) is 5.31. The van der Waals surface area contributed by atoms with Gasteiger partial charge in [0, 0.05) is 0 Å². The van der Waals surface area contributed by atoms with Gasteiger partial charge in [-0.1, -0.05) is 0 Å². The maximum absolute atomic E-state index is 12.0. The Labute approximate surface area is 150 Å². The van der Waals surface area contributed by atoms with E-state index in [-0.39, 0.29) is 0 Å². The number of amides is 10. The average molecular weight is 388 g/mol. The zero-order valence-corrected chi connectivity index (χ0v) is 13.6. The van der Waals surface area contributed by atoms with Crippen molar-refractivity contribution >= 4 is 35.9 Å². The smallest absolute Gasteiger partial charge is 0.328 e. The maximum Gasteiger partial charge on any atom is 0.328 e. The van der Waals surface area contributed by atoms with E-state index in [1.807, 2.05) is 10.6 Å². The van der Waals surface area contributed by atoms with Gasteiger partial charge in [0.15, 0.2) is 12.3 Å². The van der Waals surface area contributed by atoms with E-state index < -0.39 is 68.4 Å². The summed E-state index contributed by atoms with van der Waals surface area (Å²) in [5.41, 5.74) is 10.4. The van der Waals surface area contributed by atoms with Gasteiger partial charge in [0.25, 0.3) is 11.8 Å². The molecule has 0 aliphatic carbocycles. The molecule has 27 heavy (non-hydrogen) atoms. The van der Waals surface area contributed by atoms with Crippen molar-refractivity contribution in [2.24, 2.45) is 11.5 Å². The second-order valence-electron chi connectivity index (χ2n) is 5.32. The highest BCUT2D eigenvalue weighted by atomic mass is 16.3. The van der Waals surface area contributed by atoms with Crippen LogP contribution in [0.1, 0.15) is 0 Å². The molecule has 2 aliphatic heterocycles. The zero-order chi connectivity index (χ0) is 20.5. The first kappa shape index (κ1) is 19.7. The molecule has 2 fully saturated rings. The fourth-order valence-corrected chi connectivity index (χ4v) is 2.59. The third kappa shape index (κ3) is 3.37. The minimum Gasteiger partial charge on any atom is -0.376 e. The topological polar surface area (TPSA) is 232 Å². The summed E-state index contributed by atoms with van der Waals surface area (Å²) in [6.07, 6.45) is -3.49. The molecule has 0 bridgehead atoms. The van der Waals surface area contributed by atoms with E-state index in [2.05, 4.69) is 0 Å². The molecule has 2 saturated heterocycles. The highest BCUT2D eigenvalue weighted by molar-refractivity contribution is 6.06. The van der Waals surface area contributed by atoms with Crippen LogP contribution in [0.3, 0.4) is 0 Å². The Morgan fingerprint density at radius 1 is 0.852 bits per heavy atom. The van der Waals surface area contributed by atoms with Crippen LogP contribution in [0.25, 0.3) is 0 Å². The van der Waals surface area contributed by atoms with Gasteiger partial charge in [-0.2, -0.15) is 0 Å². The molecule has 16 nitrogen and oxygen atoms in total. The number of carbonyl (C=O) groups is 6. The summed E-state index contributed by atoms with van der Waals surface area (Å²) in [5.74, 6) is -2.08. The van der Waals surface area contributed by atoms with Gasteiger partial charge in [-0.05, 0) is 0 Å². The number of aliphatic hydroxyl groups excluding tert-OH is 2. The van der Waals surface area contributed by atoms with Crippen molar-refractivity contribution in [2.75, 3.05) is 20.1 Å². The molecule has 0 saturated carbocycles. The number of hydrogen-bond donors (Lipinski definition) is 6.